The standard InChI is InChI=1S/C10H17NO2/c1-8(12)7-10(13)11-6-2-3-9-4-5-9/h9H,2-7H2,1H3,(H,11,13). The molecule has 1 N–H and O–H groups in total. The predicted octanol–water partition coefficient (Wildman–Crippen LogP) is 1.27. The second-order valence-corrected chi connectivity index (χ2v) is 3.81. The van der Waals surface area contributed by atoms with Gasteiger partial charge in [-0.2, -0.15) is 0 Å². The van der Waals surface area contributed by atoms with Gasteiger partial charge in [0.1, 0.15) is 5.78 Å². The normalized spacial score (nSPS) is 15.5. The quantitative estimate of drug-likeness (QED) is 0.498. The summed E-state index contributed by atoms with van der Waals surface area (Å²) in [5, 5.41) is 2.74. The number of amides is 1. The number of nitrogens with one attached hydrogen (secondary N) is 1. The number of ketones is 1. The lowest BCUT2D eigenvalue weighted by Crippen LogP contribution is -2.25. The van der Waals surface area contributed by atoms with E-state index in [1.54, 1.807) is 0 Å². The second-order valence-electron chi connectivity index (χ2n) is 3.81. The van der Waals surface area contributed by atoms with Crippen LogP contribution in [0.3, 0.4) is 0 Å². The molecule has 1 fully saturated rings. The zero-order valence-electron chi connectivity index (χ0n) is 8.14. The molecule has 1 amide bonds. The summed E-state index contributed by atoms with van der Waals surface area (Å²) in [6, 6.07) is 0. The van der Waals surface area contributed by atoms with Crippen LogP contribution in [-0.4, -0.2) is 18.2 Å². The highest BCUT2D eigenvalue weighted by Gasteiger charge is 2.20. The minimum atomic E-state index is -0.136. The highest BCUT2D eigenvalue weighted by Crippen LogP contribution is 2.33. The molecule has 1 saturated carbocycles. The number of carbonyl (C=O) groups excluding carboxylic acids is 2. The van der Waals surface area contributed by atoms with Crippen LogP contribution in [-0.2, 0) is 9.59 Å². The van der Waals surface area contributed by atoms with E-state index in [0.29, 0.717) is 0 Å². The molecule has 0 aromatic carbocycles. The van der Waals surface area contributed by atoms with Gasteiger partial charge in [0.05, 0.1) is 6.42 Å². The van der Waals surface area contributed by atoms with Crippen molar-refractivity contribution in [3.63, 3.8) is 0 Å². The lowest BCUT2D eigenvalue weighted by Gasteiger charge is -2.02. The molecule has 0 unspecified atom stereocenters. The summed E-state index contributed by atoms with van der Waals surface area (Å²) in [4.78, 5) is 21.5. The molecule has 0 atom stereocenters. The van der Waals surface area contributed by atoms with Crippen molar-refractivity contribution in [1.29, 1.82) is 0 Å². The smallest absolute Gasteiger partial charge is 0.227 e. The van der Waals surface area contributed by atoms with E-state index in [1.165, 1.54) is 26.2 Å². The summed E-state index contributed by atoms with van der Waals surface area (Å²) in [5.41, 5.74) is 0. The highest BCUT2D eigenvalue weighted by atomic mass is 16.2. The summed E-state index contributed by atoms with van der Waals surface area (Å²) in [7, 11) is 0. The summed E-state index contributed by atoms with van der Waals surface area (Å²) in [6.07, 6.45) is 5.03. The summed E-state index contributed by atoms with van der Waals surface area (Å²) in [6.45, 7) is 2.16. The fourth-order valence-corrected chi connectivity index (χ4v) is 1.31. The van der Waals surface area contributed by atoms with Crippen LogP contribution in [0.4, 0.5) is 0 Å². The van der Waals surface area contributed by atoms with Crippen molar-refractivity contribution in [1.82, 2.24) is 5.32 Å². The summed E-state index contributed by atoms with van der Waals surface area (Å²) in [5.74, 6) is 0.715. The van der Waals surface area contributed by atoms with Gasteiger partial charge in [-0.05, 0) is 25.7 Å². The lowest BCUT2D eigenvalue weighted by molar-refractivity contribution is -0.127. The molecule has 3 nitrogen and oxygen atoms in total. The zero-order chi connectivity index (χ0) is 9.68. The molecule has 1 aliphatic carbocycles. The van der Waals surface area contributed by atoms with Gasteiger partial charge in [-0.1, -0.05) is 12.8 Å². The van der Waals surface area contributed by atoms with Crippen molar-refractivity contribution in [2.24, 2.45) is 5.92 Å². The monoisotopic (exact) mass is 183 g/mol. The van der Waals surface area contributed by atoms with Crippen LogP contribution in [0, 0.1) is 5.92 Å². The first-order valence-corrected chi connectivity index (χ1v) is 4.94. The molecule has 13 heavy (non-hydrogen) atoms. The molecule has 1 rings (SSSR count). The molecule has 1 aliphatic rings. The molecule has 0 radical (unpaired) electrons. The Morgan fingerprint density at radius 1 is 1.38 bits per heavy atom. The third-order valence-corrected chi connectivity index (χ3v) is 2.22. The molecule has 0 aromatic rings. The minimum absolute atomic E-state index is 0.0312. The third kappa shape index (κ3) is 5.39. The first kappa shape index (κ1) is 10.2. The summed E-state index contributed by atoms with van der Waals surface area (Å²) < 4.78 is 0. The third-order valence-electron chi connectivity index (χ3n) is 2.22. The maximum atomic E-state index is 11.0. The van der Waals surface area contributed by atoms with Crippen LogP contribution >= 0.6 is 0 Å². The molecule has 3 heteroatoms. The van der Waals surface area contributed by atoms with Gasteiger partial charge in [0.2, 0.25) is 5.91 Å². The van der Waals surface area contributed by atoms with Crippen molar-refractivity contribution in [3.8, 4) is 0 Å². The van der Waals surface area contributed by atoms with Crippen LogP contribution in [0.2, 0.25) is 0 Å². The molecule has 74 valence electrons. The van der Waals surface area contributed by atoms with E-state index < -0.39 is 0 Å². The molecular weight excluding hydrogens is 166 g/mol. The van der Waals surface area contributed by atoms with E-state index in [9.17, 15) is 9.59 Å². The number of hydrogen-bond acceptors (Lipinski definition) is 2. The first-order chi connectivity index (χ1) is 6.18. The largest absolute Gasteiger partial charge is 0.356 e. The Morgan fingerprint density at radius 3 is 2.62 bits per heavy atom. The van der Waals surface area contributed by atoms with E-state index in [-0.39, 0.29) is 18.1 Å². The van der Waals surface area contributed by atoms with Gasteiger partial charge >= 0.3 is 0 Å². The van der Waals surface area contributed by atoms with Gasteiger partial charge in [0, 0.05) is 6.54 Å². The van der Waals surface area contributed by atoms with Crippen molar-refractivity contribution in [3.05, 3.63) is 0 Å². The number of rotatable bonds is 6. The maximum absolute atomic E-state index is 11.0. The van der Waals surface area contributed by atoms with Gasteiger partial charge in [0.25, 0.3) is 0 Å². The molecule has 0 heterocycles. The highest BCUT2D eigenvalue weighted by molar-refractivity contribution is 5.96. The molecule has 0 saturated heterocycles. The van der Waals surface area contributed by atoms with Crippen molar-refractivity contribution in [2.75, 3.05) is 6.54 Å². The molecule has 0 bridgehead atoms. The van der Waals surface area contributed by atoms with E-state index in [4.69, 9.17) is 0 Å². The van der Waals surface area contributed by atoms with Crippen molar-refractivity contribution >= 4 is 11.7 Å². The van der Waals surface area contributed by atoms with E-state index >= 15 is 0 Å². The number of Topliss-reactive ketones (excluding diaryl/α,β-unsaturated/α-hetero) is 1. The van der Waals surface area contributed by atoms with Crippen LogP contribution in [0.15, 0.2) is 0 Å². The molecular formula is C10H17NO2. The average Bonchev–Trinajstić information content (AvgIpc) is 2.80. The Bertz CT molecular complexity index is 197. The van der Waals surface area contributed by atoms with Crippen LogP contribution in [0.5, 0.6) is 0 Å². The van der Waals surface area contributed by atoms with Crippen molar-refractivity contribution < 1.29 is 9.59 Å². The predicted molar refractivity (Wildman–Crippen MR) is 50.3 cm³/mol. The number of hydrogen-bond donors (Lipinski definition) is 1. The van der Waals surface area contributed by atoms with Gasteiger partial charge < -0.3 is 5.32 Å². The molecule has 0 aliphatic heterocycles. The SMILES string of the molecule is CC(=O)CC(=O)NCCCC1CC1. The Balaban J connectivity index is 1.91. The topological polar surface area (TPSA) is 46.2 Å². The zero-order valence-corrected chi connectivity index (χ0v) is 8.14. The van der Waals surface area contributed by atoms with Crippen LogP contribution < -0.4 is 5.32 Å². The Hall–Kier alpha value is -0.860. The Labute approximate surface area is 78.9 Å². The van der Waals surface area contributed by atoms with E-state index in [1.807, 2.05) is 0 Å². The van der Waals surface area contributed by atoms with Gasteiger partial charge in [-0.15, -0.1) is 0 Å². The van der Waals surface area contributed by atoms with Gasteiger partial charge in [0.15, 0.2) is 0 Å². The van der Waals surface area contributed by atoms with E-state index in [0.717, 1.165) is 18.9 Å². The number of carbonyl (C=O) groups is 2. The molecule has 0 aromatic heterocycles. The first-order valence-electron chi connectivity index (χ1n) is 4.94. The minimum Gasteiger partial charge on any atom is -0.356 e. The van der Waals surface area contributed by atoms with Gasteiger partial charge in [-0.25, -0.2) is 0 Å². The Kier molecular flexibility index (Phi) is 3.93. The van der Waals surface area contributed by atoms with Crippen LogP contribution in [0.1, 0.15) is 39.0 Å². The van der Waals surface area contributed by atoms with Gasteiger partial charge in [-0.3, -0.25) is 9.59 Å². The Morgan fingerprint density at radius 2 is 2.08 bits per heavy atom. The van der Waals surface area contributed by atoms with Crippen molar-refractivity contribution in [2.45, 2.75) is 39.0 Å². The van der Waals surface area contributed by atoms with Crippen LogP contribution in [0.25, 0.3) is 0 Å². The molecule has 0 spiro atoms. The second kappa shape index (κ2) is 5.00. The maximum Gasteiger partial charge on any atom is 0.227 e. The average molecular weight is 183 g/mol. The van der Waals surface area contributed by atoms with E-state index in [2.05, 4.69) is 5.32 Å². The summed E-state index contributed by atoms with van der Waals surface area (Å²) >= 11 is 0. The fourth-order valence-electron chi connectivity index (χ4n) is 1.31. The lowest BCUT2D eigenvalue weighted by atomic mass is 10.2. The fraction of sp³-hybridized carbons (Fsp3) is 0.800.